The van der Waals surface area contributed by atoms with E-state index >= 15 is 0 Å². The number of hydrogen-bond donors (Lipinski definition) is 0. The molecule has 1 aliphatic heterocycles. The van der Waals surface area contributed by atoms with Crippen LogP contribution in [-0.2, 0) is 0 Å². The third-order valence-corrected chi connectivity index (χ3v) is 4.01. The summed E-state index contributed by atoms with van der Waals surface area (Å²) in [5, 5.41) is 0.579. The number of rotatable bonds is 1. The molecule has 7 heteroatoms. The molecule has 112 valence electrons. The topological polar surface area (TPSA) is 29.0 Å². The van der Waals surface area contributed by atoms with Crippen molar-refractivity contribution in [2.24, 2.45) is 5.92 Å². The van der Waals surface area contributed by atoms with Crippen molar-refractivity contribution in [2.75, 3.05) is 18.0 Å². The van der Waals surface area contributed by atoms with Crippen LogP contribution in [0.5, 0.6) is 0 Å². The maximum Gasteiger partial charge on any atom is 0.391 e. The zero-order valence-electron chi connectivity index (χ0n) is 11.1. The van der Waals surface area contributed by atoms with Gasteiger partial charge < -0.3 is 4.90 Å². The predicted molar refractivity (Wildman–Crippen MR) is 75.5 cm³/mol. The Hall–Kier alpha value is -1.56. The smallest absolute Gasteiger partial charge is 0.355 e. The number of fused-ring (bicyclic) bond motifs is 1. The first-order chi connectivity index (χ1) is 9.93. The van der Waals surface area contributed by atoms with Gasteiger partial charge in [0.15, 0.2) is 0 Å². The van der Waals surface area contributed by atoms with E-state index in [1.165, 1.54) is 0 Å². The third kappa shape index (κ3) is 3.05. The summed E-state index contributed by atoms with van der Waals surface area (Å²) in [6, 6.07) is 5.19. The molecule has 0 N–H and O–H groups in total. The molecule has 0 bridgehead atoms. The third-order valence-electron chi connectivity index (χ3n) is 3.77. The molecular weight excluding hydrogens is 303 g/mol. The number of alkyl halides is 3. The zero-order chi connectivity index (χ0) is 15.0. The molecule has 1 aromatic carbocycles. The molecule has 0 atom stereocenters. The van der Waals surface area contributed by atoms with Crippen LogP contribution in [0.2, 0.25) is 5.02 Å². The molecule has 1 saturated heterocycles. The number of piperidine rings is 1. The quantitative estimate of drug-likeness (QED) is 0.794. The van der Waals surface area contributed by atoms with Crippen LogP contribution < -0.4 is 4.90 Å². The number of anilines is 1. The fourth-order valence-corrected chi connectivity index (χ4v) is 2.73. The van der Waals surface area contributed by atoms with Gasteiger partial charge in [0, 0.05) is 18.1 Å². The summed E-state index contributed by atoms with van der Waals surface area (Å²) in [6.45, 7) is 0.690. The summed E-state index contributed by atoms with van der Waals surface area (Å²) < 4.78 is 38.0. The summed E-state index contributed by atoms with van der Waals surface area (Å²) in [5.74, 6) is -0.591. The largest absolute Gasteiger partial charge is 0.391 e. The van der Waals surface area contributed by atoms with Crippen molar-refractivity contribution in [2.45, 2.75) is 19.0 Å². The average molecular weight is 316 g/mol. The Kier molecular flexibility index (Phi) is 3.65. The summed E-state index contributed by atoms with van der Waals surface area (Å²) >= 11 is 5.88. The maximum absolute atomic E-state index is 12.7. The van der Waals surface area contributed by atoms with Gasteiger partial charge in [-0.3, -0.25) is 4.98 Å². The Bertz CT molecular complexity index is 651. The first-order valence-electron chi connectivity index (χ1n) is 6.67. The predicted octanol–water partition coefficient (Wildman–Crippen LogP) is 4.06. The molecule has 0 radical (unpaired) electrons. The highest BCUT2D eigenvalue weighted by Crippen LogP contribution is 2.35. The molecule has 0 unspecified atom stereocenters. The molecule has 21 heavy (non-hydrogen) atoms. The first kappa shape index (κ1) is 14.4. The lowest BCUT2D eigenvalue weighted by atomic mass is 9.96. The SMILES string of the molecule is FC(F)(F)C1CCN(c2cnc3cc(Cl)ccc3n2)CC1. The molecule has 3 rings (SSSR count). The Labute approximate surface area is 124 Å². The van der Waals surface area contributed by atoms with Crippen LogP contribution in [0.15, 0.2) is 24.4 Å². The van der Waals surface area contributed by atoms with E-state index in [9.17, 15) is 13.2 Å². The van der Waals surface area contributed by atoms with Gasteiger partial charge in [0.25, 0.3) is 0 Å². The summed E-state index contributed by atoms with van der Waals surface area (Å²) in [7, 11) is 0. The molecule has 0 aliphatic carbocycles. The lowest BCUT2D eigenvalue weighted by Gasteiger charge is -2.33. The highest BCUT2D eigenvalue weighted by molar-refractivity contribution is 6.31. The van der Waals surface area contributed by atoms with E-state index in [1.54, 1.807) is 24.4 Å². The van der Waals surface area contributed by atoms with Gasteiger partial charge in [0.05, 0.1) is 23.1 Å². The average Bonchev–Trinajstić information content (AvgIpc) is 2.46. The van der Waals surface area contributed by atoms with Crippen molar-refractivity contribution < 1.29 is 13.2 Å². The fourth-order valence-electron chi connectivity index (χ4n) is 2.56. The van der Waals surface area contributed by atoms with Gasteiger partial charge in [-0.05, 0) is 31.0 Å². The highest BCUT2D eigenvalue weighted by Gasteiger charge is 2.41. The van der Waals surface area contributed by atoms with Crippen molar-refractivity contribution in [3.8, 4) is 0 Å². The molecule has 1 aliphatic rings. The molecule has 1 aromatic heterocycles. The fraction of sp³-hybridized carbons (Fsp3) is 0.429. The van der Waals surface area contributed by atoms with Gasteiger partial charge in [-0.1, -0.05) is 11.6 Å². The van der Waals surface area contributed by atoms with Gasteiger partial charge in [0.1, 0.15) is 5.82 Å². The number of nitrogens with zero attached hydrogens (tertiary/aromatic N) is 3. The lowest BCUT2D eigenvalue weighted by Crippen LogP contribution is -2.39. The van der Waals surface area contributed by atoms with Crippen molar-refractivity contribution in [1.82, 2.24) is 9.97 Å². The Morgan fingerprint density at radius 2 is 1.86 bits per heavy atom. The van der Waals surface area contributed by atoms with Crippen LogP contribution in [0.25, 0.3) is 11.0 Å². The van der Waals surface area contributed by atoms with E-state index in [-0.39, 0.29) is 12.8 Å². The molecule has 1 fully saturated rings. The van der Waals surface area contributed by atoms with Crippen LogP contribution in [0.3, 0.4) is 0 Å². The van der Waals surface area contributed by atoms with E-state index in [0.717, 1.165) is 0 Å². The van der Waals surface area contributed by atoms with Crippen molar-refractivity contribution >= 4 is 28.5 Å². The molecule has 0 spiro atoms. The second-order valence-electron chi connectivity index (χ2n) is 5.16. The first-order valence-corrected chi connectivity index (χ1v) is 7.05. The van der Waals surface area contributed by atoms with E-state index < -0.39 is 12.1 Å². The number of halogens is 4. The summed E-state index contributed by atoms with van der Waals surface area (Å²) in [6.07, 6.45) is -2.31. The van der Waals surface area contributed by atoms with Gasteiger partial charge in [0.2, 0.25) is 0 Å². The minimum absolute atomic E-state index is 0.101. The van der Waals surface area contributed by atoms with E-state index in [0.29, 0.717) is 35.0 Å². The van der Waals surface area contributed by atoms with Gasteiger partial charge in [-0.25, -0.2) is 4.98 Å². The van der Waals surface area contributed by atoms with Crippen molar-refractivity contribution in [3.05, 3.63) is 29.4 Å². The van der Waals surface area contributed by atoms with E-state index in [2.05, 4.69) is 9.97 Å². The monoisotopic (exact) mass is 315 g/mol. The minimum atomic E-state index is -4.10. The second-order valence-corrected chi connectivity index (χ2v) is 5.60. The number of benzene rings is 1. The Morgan fingerprint density at radius 3 is 2.52 bits per heavy atom. The lowest BCUT2D eigenvalue weighted by molar-refractivity contribution is -0.179. The normalized spacial score (nSPS) is 17.4. The van der Waals surface area contributed by atoms with Crippen LogP contribution in [0.4, 0.5) is 19.0 Å². The van der Waals surface area contributed by atoms with E-state index in [1.807, 2.05) is 4.90 Å². The van der Waals surface area contributed by atoms with Gasteiger partial charge in [-0.15, -0.1) is 0 Å². The van der Waals surface area contributed by atoms with Crippen LogP contribution >= 0.6 is 11.6 Å². The zero-order valence-corrected chi connectivity index (χ0v) is 11.8. The molecule has 0 amide bonds. The summed E-state index contributed by atoms with van der Waals surface area (Å²) in [4.78, 5) is 10.6. The van der Waals surface area contributed by atoms with Gasteiger partial charge in [-0.2, -0.15) is 13.2 Å². The van der Waals surface area contributed by atoms with Crippen molar-refractivity contribution in [3.63, 3.8) is 0 Å². The number of hydrogen-bond acceptors (Lipinski definition) is 3. The summed E-state index contributed by atoms with van der Waals surface area (Å²) in [5.41, 5.74) is 1.37. The maximum atomic E-state index is 12.7. The second kappa shape index (κ2) is 5.33. The van der Waals surface area contributed by atoms with Crippen LogP contribution in [0, 0.1) is 5.92 Å². The van der Waals surface area contributed by atoms with Crippen molar-refractivity contribution in [1.29, 1.82) is 0 Å². The minimum Gasteiger partial charge on any atom is -0.355 e. The highest BCUT2D eigenvalue weighted by atomic mass is 35.5. The van der Waals surface area contributed by atoms with Gasteiger partial charge >= 0.3 is 6.18 Å². The van der Waals surface area contributed by atoms with Crippen LogP contribution in [-0.4, -0.2) is 29.2 Å². The Morgan fingerprint density at radius 1 is 1.14 bits per heavy atom. The molecule has 2 heterocycles. The molecule has 3 nitrogen and oxygen atoms in total. The Balaban J connectivity index is 1.78. The van der Waals surface area contributed by atoms with E-state index in [4.69, 9.17) is 11.6 Å². The molecule has 2 aromatic rings. The van der Waals surface area contributed by atoms with Crippen LogP contribution in [0.1, 0.15) is 12.8 Å². The molecular formula is C14H13ClF3N3. The number of aromatic nitrogens is 2. The standard InChI is InChI=1S/C14H13ClF3N3/c15-10-1-2-11-12(7-10)19-8-13(20-11)21-5-3-9(4-6-21)14(16,17)18/h1-2,7-9H,3-6H2. The molecule has 0 saturated carbocycles.